The van der Waals surface area contributed by atoms with Gasteiger partial charge in [-0.1, -0.05) is 74.5 Å². The summed E-state index contributed by atoms with van der Waals surface area (Å²) in [5.41, 5.74) is 1.82. The van der Waals surface area contributed by atoms with Gasteiger partial charge < -0.3 is 29.5 Å². The van der Waals surface area contributed by atoms with Gasteiger partial charge in [-0.25, -0.2) is 14.8 Å². The van der Waals surface area contributed by atoms with Crippen molar-refractivity contribution in [2.24, 2.45) is 23.7 Å². The van der Waals surface area contributed by atoms with E-state index in [1.165, 1.54) is 0 Å². The van der Waals surface area contributed by atoms with Crippen molar-refractivity contribution in [1.29, 1.82) is 0 Å². The normalized spacial score (nSPS) is 21.9. The van der Waals surface area contributed by atoms with Crippen LogP contribution >= 0.6 is 0 Å². The lowest BCUT2D eigenvalue weighted by atomic mass is 10.0. The molecule has 2 unspecified atom stereocenters. The molecule has 6 rings (SSSR count). The lowest BCUT2D eigenvalue weighted by molar-refractivity contribution is -0.145. The number of carbonyl (C=O) groups is 4. The number of nitrogens with zero attached hydrogens (tertiary/aromatic N) is 5. The monoisotopic (exact) mass is 668 g/mol. The highest BCUT2D eigenvalue weighted by molar-refractivity contribution is 5.97. The topological polar surface area (TPSA) is 134 Å². The number of piperazine rings is 1. The summed E-state index contributed by atoms with van der Waals surface area (Å²) in [6.07, 6.45) is -0.419. The molecule has 2 aliphatic heterocycles. The van der Waals surface area contributed by atoms with Crippen LogP contribution in [0.5, 0.6) is 0 Å². The Balaban J connectivity index is 1.13. The third-order valence-electron chi connectivity index (χ3n) is 9.65. The van der Waals surface area contributed by atoms with E-state index in [1.54, 1.807) is 15.9 Å². The van der Waals surface area contributed by atoms with Gasteiger partial charge in [-0.2, -0.15) is 0 Å². The minimum atomic E-state index is -0.806. The van der Waals surface area contributed by atoms with Gasteiger partial charge in [0.05, 0.1) is 12.5 Å². The molecule has 3 aliphatic rings. The van der Waals surface area contributed by atoms with E-state index in [1.807, 2.05) is 88.4 Å². The molecule has 0 radical (unpaired) electrons. The van der Waals surface area contributed by atoms with Crippen LogP contribution in [-0.4, -0.2) is 95.1 Å². The number of aromatic nitrogens is 2. The molecule has 3 fully saturated rings. The molecule has 3 heterocycles. The fourth-order valence-electron chi connectivity index (χ4n) is 6.89. The van der Waals surface area contributed by atoms with Crippen molar-refractivity contribution in [1.82, 2.24) is 25.1 Å². The lowest BCUT2D eigenvalue weighted by Gasteiger charge is -2.40. The summed E-state index contributed by atoms with van der Waals surface area (Å²) in [5, 5.41) is 2.96. The molecule has 1 N–H and O–H groups in total. The molecule has 12 heteroatoms. The molecule has 258 valence electrons. The Labute approximate surface area is 286 Å². The first-order valence-corrected chi connectivity index (χ1v) is 17.1. The number of benzene rings is 2. The molecule has 49 heavy (non-hydrogen) atoms. The highest BCUT2D eigenvalue weighted by Crippen LogP contribution is 2.53. The molecule has 1 aromatic heterocycles. The van der Waals surface area contributed by atoms with Gasteiger partial charge in [0.1, 0.15) is 24.2 Å². The summed E-state index contributed by atoms with van der Waals surface area (Å²) in [6.45, 7) is 10.3. The maximum Gasteiger partial charge on any atom is 0.410 e. The number of nitrogens with one attached hydrogen (secondary N) is 1. The van der Waals surface area contributed by atoms with Crippen molar-refractivity contribution >= 4 is 29.7 Å². The number of piperidine rings is 1. The summed E-state index contributed by atoms with van der Waals surface area (Å²) >= 11 is 0. The molecule has 1 saturated carbocycles. The Morgan fingerprint density at radius 1 is 0.898 bits per heavy atom. The number of carbonyl (C=O) groups excluding carboxylic acids is 4. The number of ether oxygens (including phenoxy) is 2. The summed E-state index contributed by atoms with van der Waals surface area (Å²) < 4.78 is 10.8. The largest absolute Gasteiger partial charge is 0.466 e. The van der Waals surface area contributed by atoms with Crippen LogP contribution in [0.1, 0.15) is 43.7 Å². The SMILES string of the molecule is CCOC(=O)C1C2CN(c3cc(C(=O)N[C@H](C(=O)N4CCN(C(=O)OCc5ccccc5)[C@H](C)C4)C(C)C)nc(-c4ccccc4)n3)CC21. The maximum absolute atomic E-state index is 13.9. The average Bonchev–Trinajstić information content (AvgIpc) is 3.62. The lowest BCUT2D eigenvalue weighted by Crippen LogP contribution is -2.60. The molecule has 2 saturated heterocycles. The van der Waals surface area contributed by atoms with Crippen molar-refractivity contribution in [3.63, 3.8) is 0 Å². The first kappa shape index (κ1) is 33.9. The number of rotatable bonds is 10. The zero-order valence-electron chi connectivity index (χ0n) is 28.5. The van der Waals surface area contributed by atoms with Crippen molar-refractivity contribution in [3.8, 4) is 11.4 Å². The molecule has 3 amide bonds. The number of hydrogen-bond acceptors (Lipinski definition) is 9. The second-order valence-corrected chi connectivity index (χ2v) is 13.4. The van der Waals surface area contributed by atoms with Gasteiger partial charge in [0.15, 0.2) is 5.82 Å². The van der Waals surface area contributed by atoms with Gasteiger partial charge in [-0.05, 0) is 37.2 Å². The number of amides is 3. The summed E-state index contributed by atoms with van der Waals surface area (Å²) in [6, 6.07) is 19.5. The number of anilines is 1. The number of fused-ring (bicyclic) bond motifs is 1. The molecular weight excluding hydrogens is 624 g/mol. The Morgan fingerprint density at radius 2 is 1.57 bits per heavy atom. The molecule has 0 bridgehead atoms. The van der Waals surface area contributed by atoms with Gasteiger partial charge in [-0.3, -0.25) is 14.4 Å². The minimum Gasteiger partial charge on any atom is -0.466 e. The molecule has 2 aromatic carbocycles. The summed E-state index contributed by atoms with van der Waals surface area (Å²) in [4.78, 5) is 67.8. The summed E-state index contributed by atoms with van der Waals surface area (Å²) in [5.74, 6) is 0.275. The molecule has 0 spiro atoms. The molecule has 12 nitrogen and oxygen atoms in total. The quantitative estimate of drug-likeness (QED) is 0.318. The highest BCUT2D eigenvalue weighted by Gasteiger charge is 2.60. The molecule has 4 atom stereocenters. The van der Waals surface area contributed by atoms with Crippen LogP contribution in [0, 0.1) is 23.7 Å². The van der Waals surface area contributed by atoms with Gasteiger partial charge in [-0.15, -0.1) is 0 Å². The Kier molecular flexibility index (Phi) is 10.1. The summed E-state index contributed by atoms with van der Waals surface area (Å²) in [7, 11) is 0. The van der Waals surface area contributed by atoms with Gasteiger partial charge in [0.25, 0.3) is 5.91 Å². The van der Waals surface area contributed by atoms with E-state index in [4.69, 9.17) is 14.5 Å². The highest BCUT2D eigenvalue weighted by atomic mass is 16.6. The smallest absolute Gasteiger partial charge is 0.410 e. The van der Waals surface area contributed by atoms with Crippen LogP contribution in [0.4, 0.5) is 10.6 Å². The predicted molar refractivity (Wildman–Crippen MR) is 182 cm³/mol. The van der Waals surface area contributed by atoms with Crippen molar-refractivity contribution in [3.05, 3.63) is 78.0 Å². The zero-order chi connectivity index (χ0) is 34.7. The number of esters is 1. The Morgan fingerprint density at radius 3 is 2.20 bits per heavy atom. The van der Waals surface area contributed by atoms with Crippen LogP contribution in [0.3, 0.4) is 0 Å². The molecule has 1 aliphatic carbocycles. The first-order valence-electron chi connectivity index (χ1n) is 17.1. The van der Waals surface area contributed by atoms with Crippen molar-refractivity contribution in [2.45, 2.75) is 46.4 Å². The van der Waals surface area contributed by atoms with Crippen LogP contribution in [0.25, 0.3) is 11.4 Å². The molecule has 3 aromatic rings. The van der Waals surface area contributed by atoms with E-state index in [-0.39, 0.29) is 53.9 Å². The standard InChI is InChI=1S/C37H44N6O6/c1-5-48-36(46)31-27-20-42(21-28(27)31)30-18-29(38-33(39-30)26-14-10-7-11-15-26)34(44)40-32(23(2)3)35(45)41-16-17-43(24(4)19-41)37(47)49-22-25-12-8-6-9-13-25/h6-15,18,23-24,27-28,31-32H,5,16-17,19-22H2,1-4H3,(H,40,44)/t24-,27?,28?,31?,32+/m1/s1. The zero-order valence-corrected chi connectivity index (χ0v) is 28.5. The van der Waals surface area contributed by atoms with Crippen molar-refractivity contribution in [2.75, 3.05) is 44.2 Å². The van der Waals surface area contributed by atoms with Crippen LogP contribution in [0.15, 0.2) is 66.7 Å². The van der Waals surface area contributed by atoms with Gasteiger partial charge in [0, 0.05) is 50.4 Å². The van der Waals surface area contributed by atoms with Crippen LogP contribution < -0.4 is 10.2 Å². The van der Waals surface area contributed by atoms with E-state index in [2.05, 4.69) is 15.2 Å². The van der Waals surface area contributed by atoms with Crippen LogP contribution in [0.2, 0.25) is 0 Å². The van der Waals surface area contributed by atoms with E-state index in [9.17, 15) is 19.2 Å². The van der Waals surface area contributed by atoms with E-state index in [0.29, 0.717) is 51.0 Å². The Bertz CT molecular complexity index is 1660. The van der Waals surface area contributed by atoms with Gasteiger partial charge in [0.2, 0.25) is 5.91 Å². The van der Waals surface area contributed by atoms with Crippen molar-refractivity contribution < 1.29 is 28.7 Å². The van der Waals surface area contributed by atoms with E-state index < -0.39 is 18.0 Å². The average molecular weight is 669 g/mol. The van der Waals surface area contributed by atoms with E-state index >= 15 is 0 Å². The predicted octanol–water partition coefficient (Wildman–Crippen LogP) is 4.01. The third-order valence-corrected chi connectivity index (χ3v) is 9.65. The number of hydrogen-bond donors (Lipinski definition) is 1. The van der Waals surface area contributed by atoms with Crippen LogP contribution in [-0.2, 0) is 25.7 Å². The Hall–Kier alpha value is -5.00. The fraction of sp³-hybridized carbons (Fsp3) is 0.459. The second kappa shape index (κ2) is 14.6. The molecular formula is C37H44N6O6. The van der Waals surface area contributed by atoms with E-state index in [0.717, 1.165) is 11.1 Å². The first-order chi connectivity index (χ1) is 23.6. The third kappa shape index (κ3) is 7.53. The second-order valence-electron chi connectivity index (χ2n) is 13.4. The van der Waals surface area contributed by atoms with Gasteiger partial charge >= 0.3 is 12.1 Å². The fourth-order valence-corrected chi connectivity index (χ4v) is 6.89. The minimum absolute atomic E-state index is 0.0864. The maximum atomic E-state index is 13.9.